The summed E-state index contributed by atoms with van der Waals surface area (Å²) >= 11 is 0. The Labute approximate surface area is 184 Å². The molecule has 0 radical (unpaired) electrons. The van der Waals surface area contributed by atoms with E-state index < -0.39 is 0 Å². The van der Waals surface area contributed by atoms with E-state index in [0.29, 0.717) is 23.2 Å². The van der Waals surface area contributed by atoms with E-state index in [1.54, 1.807) is 0 Å². The predicted molar refractivity (Wildman–Crippen MR) is 129 cm³/mol. The summed E-state index contributed by atoms with van der Waals surface area (Å²) in [6, 6.07) is 17.2. The van der Waals surface area contributed by atoms with Crippen LogP contribution in [0.5, 0.6) is 5.75 Å². The van der Waals surface area contributed by atoms with Crippen LogP contribution in [-0.2, 0) is 0 Å². The summed E-state index contributed by atoms with van der Waals surface area (Å²) in [6.07, 6.45) is 10.0. The molecule has 31 heavy (non-hydrogen) atoms. The van der Waals surface area contributed by atoms with Gasteiger partial charge in [-0.3, -0.25) is 9.79 Å². The summed E-state index contributed by atoms with van der Waals surface area (Å²) in [5.74, 6) is 0.114. The third-order valence-electron chi connectivity index (χ3n) is 6.21. The molecule has 3 aromatic rings. The largest absolute Gasteiger partial charge is 0.507 e. The van der Waals surface area contributed by atoms with Crippen molar-refractivity contribution >= 4 is 22.3 Å². The lowest BCUT2D eigenvalue weighted by Crippen LogP contribution is -2.22. The number of carbonyl (C=O) groups excluding carboxylic acids is 1. The van der Waals surface area contributed by atoms with Crippen molar-refractivity contribution in [3.05, 3.63) is 76.9 Å². The van der Waals surface area contributed by atoms with E-state index in [4.69, 9.17) is 4.99 Å². The van der Waals surface area contributed by atoms with E-state index in [1.807, 2.05) is 54.6 Å². The Kier molecular flexibility index (Phi) is 6.81. The Morgan fingerprint density at radius 3 is 2.19 bits per heavy atom. The number of hydrogen-bond donors (Lipinski definition) is 1. The molecule has 1 aliphatic rings. The average molecular weight is 414 g/mol. The summed E-state index contributed by atoms with van der Waals surface area (Å²) in [6.45, 7) is 2.95. The van der Waals surface area contributed by atoms with E-state index in [9.17, 15) is 9.90 Å². The molecule has 160 valence electrons. The summed E-state index contributed by atoms with van der Waals surface area (Å²) in [5.41, 5.74) is 3.37. The highest BCUT2D eigenvalue weighted by molar-refractivity contribution is 6.32. The molecule has 3 heteroatoms. The molecule has 0 atom stereocenters. The summed E-state index contributed by atoms with van der Waals surface area (Å²) < 4.78 is 0. The van der Waals surface area contributed by atoms with Crippen molar-refractivity contribution in [1.29, 1.82) is 0 Å². The van der Waals surface area contributed by atoms with E-state index >= 15 is 0 Å². The van der Waals surface area contributed by atoms with Crippen molar-refractivity contribution in [2.24, 2.45) is 4.99 Å². The standard InChI is InChI=1S/C28H31NO2/c1-2-3-4-5-6-7-8-13-18-29-26-22-16-11-12-17-23(22)27(30)24-19-20-14-9-10-15-21(20)28(31)25(24)26/h9-12,14-17,19,31H,2-8,13,18H2,1H3. The first-order chi connectivity index (χ1) is 15.2. The zero-order valence-electron chi connectivity index (χ0n) is 18.4. The fourth-order valence-electron chi connectivity index (χ4n) is 4.52. The minimum atomic E-state index is -0.0438. The van der Waals surface area contributed by atoms with Crippen molar-refractivity contribution < 1.29 is 9.90 Å². The van der Waals surface area contributed by atoms with Crippen molar-refractivity contribution in [2.75, 3.05) is 6.54 Å². The Morgan fingerprint density at radius 2 is 1.42 bits per heavy atom. The lowest BCUT2D eigenvalue weighted by molar-refractivity contribution is 0.103. The normalized spacial score (nSPS) is 14.1. The maximum atomic E-state index is 13.2. The zero-order valence-corrected chi connectivity index (χ0v) is 18.4. The molecule has 0 bridgehead atoms. The average Bonchev–Trinajstić information content (AvgIpc) is 2.80. The molecule has 0 unspecified atom stereocenters. The molecular weight excluding hydrogens is 382 g/mol. The minimum absolute atomic E-state index is 0.0438. The number of rotatable bonds is 9. The van der Waals surface area contributed by atoms with Gasteiger partial charge in [-0.1, -0.05) is 100 Å². The fraction of sp³-hybridized carbons (Fsp3) is 0.357. The van der Waals surface area contributed by atoms with Gasteiger partial charge in [-0.2, -0.15) is 0 Å². The maximum Gasteiger partial charge on any atom is 0.194 e. The monoisotopic (exact) mass is 413 g/mol. The molecule has 1 aliphatic carbocycles. The number of carbonyl (C=O) groups is 1. The lowest BCUT2D eigenvalue weighted by Gasteiger charge is -2.22. The molecule has 4 rings (SSSR count). The molecule has 0 fully saturated rings. The predicted octanol–water partition coefficient (Wildman–Crippen LogP) is 7.07. The molecule has 0 spiro atoms. The third kappa shape index (κ3) is 4.41. The quantitative estimate of drug-likeness (QED) is 0.298. The second-order valence-corrected chi connectivity index (χ2v) is 8.45. The fourth-order valence-corrected chi connectivity index (χ4v) is 4.52. The second-order valence-electron chi connectivity index (χ2n) is 8.45. The molecule has 0 amide bonds. The highest BCUT2D eigenvalue weighted by Crippen LogP contribution is 2.38. The van der Waals surface area contributed by atoms with Gasteiger partial charge in [0.1, 0.15) is 5.75 Å². The third-order valence-corrected chi connectivity index (χ3v) is 6.21. The van der Waals surface area contributed by atoms with Crippen LogP contribution in [0.15, 0.2) is 59.6 Å². The highest BCUT2D eigenvalue weighted by Gasteiger charge is 2.31. The van der Waals surface area contributed by atoms with Crippen molar-refractivity contribution in [2.45, 2.75) is 58.3 Å². The number of unbranched alkanes of at least 4 members (excludes halogenated alkanes) is 7. The van der Waals surface area contributed by atoms with Crippen molar-refractivity contribution in [3.8, 4) is 5.75 Å². The summed E-state index contributed by atoms with van der Waals surface area (Å²) in [7, 11) is 0. The van der Waals surface area contributed by atoms with Crippen LogP contribution in [0.1, 0.15) is 85.3 Å². The molecule has 0 heterocycles. The van der Waals surface area contributed by atoms with Gasteiger partial charge < -0.3 is 5.11 Å². The summed E-state index contributed by atoms with van der Waals surface area (Å²) in [5, 5.41) is 12.7. The number of benzene rings is 3. The Hall–Kier alpha value is -2.94. The lowest BCUT2D eigenvalue weighted by atomic mass is 9.81. The topological polar surface area (TPSA) is 49.7 Å². The molecule has 3 nitrogen and oxygen atoms in total. The van der Waals surface area contributed by atoms with Crippen LogP contribution >= 0.6 is 0 Å². The minimum Gasteiger partial charge on any atom is -0.507 e. The summed E-state index contributed by atoms with van der Waals surface area (Å²) in [4.78, 5) is 18.1. The van der Waals surface area contributed by atoms with Gasteiger partial charge in [0, 0.05) is 28.6 Å². The first-order valence-corrected chi connectivity index (χ1v) is 11.7. The van der Waals surface area contributed by atoms with Gasteiger partial charge in [-0.05, 0) is 17.9 Å². The SMILES string of the molecule is CCCCCCCCCCN=C1c2ccccc2C(=O)c2cc3ccccc3c(O)c21. The molecule has 0 aromatic heterocycles. The van der Waals surface area contributed by atoms with E-state index in [2.05, 4.69) is 6.92 Å². The van der Waals surface area contributed by atoms with Crippen LogP contribution in [0.4, 0.5) is 0 Å². The highest BCUT2D eigenvalue weighted by atomic mass is 16.3. The van der Waals surface area contributed by atoms with E-state index in [0.717, 1.165) is 28.5 Å². The van der Waals surface area contributed by atoms with Gasteiger partial charge >= 0.3 is 0 Å². The molecular formula is C28H31NO2. The number of phenols is 1. The number of fused-ring (bicyclic) bond motifs is 3. The van der Waals surface area contributed by atoms with Gasteiger partial charge in [-0.25, -0.2) is 0 Å². The number of ketones is 1. The van der Waals surface area contributed by atoms with Crippen molar-refractivity contribution in [1.82, 2.24) is 0 Å². The van der Waals surface area contributed by atoms with Crippen LogP contribution in [-0.4, -0.2) is 23.1 Å². The van der Waals surface area contributed by atoms with Crippen LogP contribution in [0.25, 0.3) is 10.8 Å². The Balaban J connectivity index is 1.59. The zero-order chi connectivity index (χ0) is 21.6. The number of aromatic hydroxyl groups is 1. The van der Waals surface area contributed by atoms with Gasteiger partial charge in [0.15, 0.2) is 5.78 Å². The van der Waals surface area contributed by atoms with Crippen LogP contribution in [0.3, 0.4) is 0 Å². The van der Waals surface area contributed by atoms with Gasteiger partial charge in [0.25, 0.3) is 0 Å². The molecule has 0 saturated carbocycles. The van der Waals surface area contributed by atoms with E-state index in [1.165, 1.54) is 44.9 Å². The molecule has 0 saturated heterocycles. The van der Waals surface area contributed by atoms with Crippen LogP contribution < -0.4 is 0 Å². The molecule has 3 aromatic carbocycles. The van der Waals surface area contributed by atoms with E-state index in [-0.39, 0.29) is 11.5 Å². The number of aliphatic imine (C=N–C) groups is 1. The maximum absolute atomic E-state index is 13.2. The first-order valence-electron chi connectivity index (χ1n) is 11.7. The van der Waals surface area contributed by atoms with Gasteiger partial charge in [0.2, 0.25) is 0 Å². The molecule has 1 N–H and O–H groups in total. The number of nitrogens with zero attached hydrogens (tertiary/aromatic N) is 1. The number of phenolic OH excluding ortho intramolecular Hbond substituents is 1. The smallest absolute Gasteiger partial charge is 0.194 e. The Morgan fingerprint density at radius 1 is 0.774 bits per heavy atom. The van der Waals surface area contributed by atoms with Crippen LogP contribution in [0.2, 0.25) is 0 Å². The second kappa shape index (κ2) is 9.91. The molecule has 0 aliphatic heterocycles. The first kappa shape index (κ1) is 21.3. The van der Waals surface area contributed by atoms with Gasteiger partial charge in [0.05, 0.1) is 11.3 Å². The van der Waals surface area contributed by atoms with Crippen molar-refractivity contribution in [3.63, 3.8) is 0 Å². The van der Waals surface area contributed by atoms with Crippen LogP contribution in [0, 0.1) is 0 Å². The Bertz CT molecular complexity index is 1110. The van der Waals surface area contributed by atoms with Gasteiger partial charge in [-0.15, -0.1) is 0 Å². The number of hydrogen-bond acceptors (Lipinski definition) is 3.